The molecule has 2 saturated heterocycles. The number of hydrogen-bond acceptors (Lipinski definition) is 6. The Balaban J connectivity index is 1.44. The minimum Gasteiger partial charge on any atom is -0.347 e. The van der Waals surface area contributed by atoms with Crippen molar-refractivity contribution in [2.24, 2.45) is 0 Å². The summed E-state index contributed by atoms with van der Waals surface area (Å²) >= 11 is 0. The number of hydrogen-bond donors (Lipinski definition) is 1. The van der Waals surface area contributed by atoms with E-state index in [1.54, 1.807) is 30.5 Å². The Hall–Kier alpha value is -2.77. The van der Waals surface area contributed by atoms with Crippen LogP contribution in [0.15, 0.2) is 42.6 Å². The van der Waals surface area contributed by atoms with E-state index in [9.17, 15) is 9.59 Å². The fraction of sp³-hybridized carbons (Fsp3) is 0.381. The third kappa shape index (κ3) is 3.90. The highest BCUT2D eigenvalue weighted by Gasteiger charge is 2.40. The van der Waals surface area contributed by atoms with Crippen molar-refractivity contribution in [3.63, 3.8) is 0 Å². The number of nitrogens with one attached hydrogen (secondary N) is 1. The largest absolute Gasteiger partial charge is 0.347 e. The highest BCUT2D eigenvalue weighted by Crippen LogP contribution is 2.31. The molecule has 1 aromatic heterocycles. The number of nitrogens with zero attached hydrogens (tertiary/aromatic N) is 2. The van der Waals surface area contributed by atoms with Crippen molar-refractivity contribution in [3.05, 3.63) is 53.7 Å². The summed E-state index contributed by atoms with van der Waals surface area (Å²) in [5, 5.41) is 3.16. The standard InChI is InChI=1S/C21H23N3O4/c1-15(25)16-3-2-4-18(13-16)23-19-14-17(5-8-22-19)20(26)24-9-6-21(7-10-24)27-11-12-28-21/h2-5,8,13-14H,6-7,9-12H2,1H3,(H,22,23). The van der Waals surface area contributed by atoms with E-state index < -0.39 is 5.79 Å². The van der Waals surface area contributed by atoms with Gasteiger partial charge in [0.25, 0.3) is 5.91 Å². The van der Waals surface area contributed by atoms with Gasteiger partial charge in [0.1, 0.15) is 5.82 Å². The van der Waals surface area contributed by atoms with Gasteiger partial charge in [-0.1, -0.05) is 12.1 Å². The number of carbonyl (C=O) groups excluding carboxylic acids is 2. The smallest absolute Gasteiger partial charge is 0.254 e. The second-order valence-electron chi connectivity index (χ2n) is 7.09. The molecular weight excluding hydrogens is 358 g/mol. The zero-order valence-electron chi connectivity index (χ0n) is 15.8. The first-order valence-corrected chi connectivity index (χ1v) is 9.46. The van der Waals surface area contributed by atoms with Gasteiger partial charge in [-0.15, -0.1) is 0 Å². The predicted molar refractivity (Wildman–Crippen MR) is 104 cm³/mol. The number of anilines is 2. The molecule has 0 unspecified atom stereocenters. The number of aromatic nitrogens is 1. The van der Waals surface area contributed by atoms with Crippen LogP contribution in [-0.2, 0) is 9.47 Å². The van der Waals surface area contributed by atoms with Gasteiger partial charge in [-0.05, 0) is 31.2 Å². The second-order valence-corrected chi connectivity index (χ2v) is 7.09. The van der Waals surface area contributed by atoms with Crippen molar-refractivity contribution >= 4 is 23.2 Å². The Labute approximate surface area is 163 Å². The number of ether oxygens (including phenoxy) is 2. The summed E-state index contributed by atoms with van der Waals surface area (Å²) in [6.07, 6.45) is 2.98. The van der Waals surface area contributed by atoms with Crippen LogP contribution in [0.5, 0.6) is 0 Å². The molecular formula is C21H23N3O4. The van der Waals surface area contributed by atoms with Crippen molar-refractivity contribution in [1.82, 2.24) is 9.88 Å². The Morgan fingerprint density at radius 2 is 1.82 bits per heavy atom. The zero-order valence-corrected chi connectivity index (χ0v) is 15.8. The lowest BCUT2D eigenvalue weighted by molar-refractivity contribution is -0.181. The molecule has 0 aliphatic carbocycles. The number of likely N-dealkylation sites (tertiary alicyclic amines) is 1. The summed E-state index contributed by atoms with van der Waals surface area (Å²) < 4.78 is 11.4. The first-order chi connectivity index (χ1) is 13.5. The molecule has 2 fully saturated rings. The number of rotatable bonds is 4. The van der Waals surface area contributed by atoms with Crippen molar-refractivity contribution in [3.8, 4) is 0 Å². The normalized spacial score (nSPS) is 18.2. The van der Waals surface area contributed by atoms with E-state index in [1.165, 1.54) is 6.92 Å². The Kier molecular flexibility index (Phi) is 5.11. The van der Waals surface area contributed by atoms with Gasteiger partial charge < -0.3 is 19.7 Å². The number of piperidine rings is 1. The van der Waals surface area contributed by atoms with Crippen molar-refractivity contribution in [1.29, 1.82) is 0 Å². The summed E-state index contributed by atoms with van der Waals surface area (Å²) in [6.45, 7) is 3.98. The summed E-state index contributed by atoms with van der Waals surface area (Å²) in [7, 11) is 0. The molecule has 4 rings (SSSR count). The number of amides is 1. The maximum Gasteiger partial charge on any atom is 0.254 e. The summed E-state index contributed by atoms with van der Waals surface area (Å²) in [5.74, 6) is 0.0284. The Morgan fingerprint density at radius 3 is 2.54 bits per heavy atom. The third-order valence-electron chi connectivity index (χ3n) is 5.17. The van der Waals surface area contributed by atoms with Crippen LogP contribution in [0.3, 0.4) is 0 Å². The van der Waals surface area contributed by atoms with Gasteiger partial charge in [0, 0.05) is 48.9 Å². The molecule has 0 bridgehead atoms. The van der Waals surface area contributed by atoms with E-state index >= 15 is 0 Å². The summed E-state index contributed by atoms with van der Waals surface area (Å²) in [4.78, 5) is 30.6. The van der Waals surface area contributed by atoms with Crippen LogP contribution >= 0.6 is 0 Å². The topological polar surface area (TPSA) is 80.8 Å². The first-order valence-electron chi connectivity index (χ1n) is 9.46. The fourth-order valence-electron chi connectivity index (χ4n) is 3.61. The van der Waals surface area contributed by atoms with E-state index in [0.717, 1.165) is 5.69 Å². The summed E-state index contributed by atoms with van der Waals surface area (Å²) in [6, 6.07) is 10.6. The number of ketones is 1. The molecule has 7 heteroatoms. The molecule has 2 aromatic rings. The number of Topliss-reactive ketones (excluding diaryl/α,β-unsaturated/α-hetero) is 1. The molecule has 0 radical (unpaired) electrons. The molecule has 1 spiro atoms. The lowest BCUT2D eigenvalue weighted by Gasteiger charge is -2.37. The predicted octanol–water partition coefficient (Wildman–Crippen LogP) is 3.01. The molecule has 28 heavy (non-hydrogen) atoms. The van der Waals surface area contributed by atoms with Gasteiger partial charge in [-0.2, -0.15) is 0 Å². The van der Waals surface area contributed by atoms with Gasteiger partial charge in [0.15, 0.2) is 11.6 Å². The molecule has 1 aromatic carbocycles. The lowest BCUT2D eigenvalue weighted by atomic mass is 10.0. The van der Waals surface area contributed by atoms with Gasteiger partial charge >= 0.3 is 0 Å². The zero-order chi connectivity index (χ0) is 19.6. The SMILES string of the molecule is CC(=O)c1cccc(Nc2cc(C(=O)N3CCC4(CC3)OCCO4)ccn2)c1. The highest BCUT2D eigenvalue weighted by atomic mass is 16.7. The molecule has 0 saturated carbocycles. The van der Waals surface area contributed by atoms with E-state index in [1.807, 2.05) is 17.0 Å². The molecule has 3 heterocycles. The molecule has 1 amide bonds. The average molecular weight is 381 g/mol. The quantitative estimate of drug-likeness (QED) is 0.820. The third-order valence-corrected chi connectivity index (χ3v) is 5.17. The maximum absolute atomic E-state index is 12.9. The van der Waals surface area contributed by atoms with Crippen LogP contribution in [0, 0.1) is 0 Å². The minimum absolute atomic E-state index is 0.00127. The van der Waals surface area contributed by atoms with Crippen LogP contribution in [0.1, 0.15) is 40.5 Å². The van der Waals surface area contributed by atoms with E-state index in [4.69, 9.17) is 9.47 Å². The van der Waals surface area contributed by atoms with Gasteiger partial charge in [-0.3, -0.25) is 9.59 Å². The van der Waals surface area contributed by atoms with Crippen LogP contribution in [0.25, 0.3) is 0 Å². The Morgan fingerprint density at radius 1 is 1.07 bits per heavy atom. The lowest BCUT2D eigenvalue weighted by Crippen LogP contribution is -2.47. The molecule has 7 nitrogen and oxygen atoms in total. The van der Waals surface area contributed by atoms with Crippen LogP contribution < -0.4 is 5.32 Å². The van der Waals surface area contributed by atoms with Crippen molar-refractivity contribution in [2.45, 2.75) is 25.6 Å². The number of pyridine rings is 1. The van der Waals surface area contributed by atoms with E-state index in [0.29, 0.717) is 56.1 Å². The number of benzene rings is 1. The first kappa shape index (κ1) is 18.6. The highest BCUT2D eigenvalue weighted by molar-refractivity contribution is 5.96. The Bertz CT molecular complexity index is 883. The second kappa shape index (κ2) is 7.69. The van der Waals surface area contributed by atoms with Crippen molar-refractivity contribution in [2.75, 3.05) is 31.6 Å². The van der Waals surface area contributed by atoms with Crippen molar-refractivity contribution < 1.29 is 19.1 Å². The van der Waals surface area contributed by atoms with Crippen LogP contribution in [0.4, 0.5) is 11.5 Å². The summed E-state index contributed by atoms with van der Waals surface area (Å²) in [5.41, 5.74) is 1.94. The minimum atomic E-state index is -0.497. The van der Waals surface area contributed by atoms with Crippen LogP contribution in [-0.4, -0.2) is 53.7 Å². The average Bonchev–Trinajstić information content (AvgIpc) is 3.16. The fourth-order valence-corrected chi connectivity index (χ4v) is 3.61. The number of carbonyl (C=O) groups is 2. The van der Waals surface area contributed by atoms with E-state index in [2.05, 4.69) is 10.3 Å². The van der Waals surface area contributed by atoms with Crippen LogP contribution in [0.2, 0.25) is 0 Å². The molecule has 1 N–H and O–H groups in total. The monoisotopic (exact) mass is 381 g/mol. The molecule has 0 atom stereocenters. The maximum atomic E-state index is 12.9. The van der Waals surface area contributed by atoms with Gasteiger partial charge in [0.2, 0.25) is 0 Å². The molecule has 2 aliphatic rings. The van der Waals surface area contributed by atoms with Gasteiger partial charge in [-0.25, -0.2) is 4.98 Å². The molecule has 2 aliphatic heterocycles. The molecule has 146 valence electrons. The van der Waals surface area contributed by atoms with E-state index in [-0.39, 0.29) is 11.7 Å². The van der Waals surface area contributed by atoms with Gasteiger partial charge in [0.05, 0.1) is 13.2 Å².